The quantitative estimate of drug-likeness (QED) is 0.411. The van der Waals surface area contributed by atoms with Gasteiger partial charge in [-0.2, -0.15) is 0 Å². The first-order valence-electron chi connectivity index (χ1n) is 6.34. The number of nitrogen functional groups attached to an aromatic ring is 1. The molecule has 1 fully saturated rings. The Hall–Kier alpha value is -2.08. The van der Waals surface area contributed by atoms with Gasteiger partial charge in [-0.1, -0.05) is 0 Å². The molecular weight excluding hydrogens is 301 g/mol. The summed E-state index contributed by atoms with van der Waals surface area (Å²) < 4.78 is 20.8. The number of halogens is 1. The molecule has 2 aromatic rings. The van der Waals surface area contributed by atoms with Crippen LogP contribution in [0.1, 0.15) is 12.6 Å². The molecule has 0 aromatic carbocycles. The number of hydrogen-bond acceptors (Lipinski definition) is 8. The third-order valence-electron chi connectivity index (χ3n) is 3.81. The zero-order valence-electron chi connectivity index (χ0n) is 11.4. The lowest BCUT2D eigenvalue weighted by molar-refractivity contribution is -0.256. The predicted molar refractivity (Wildman–Crippen MR) is 69.4 cm³/mol. The van der Waals surface area contributed by atoms with Gasteiger partial charge in [-0.15, -0.1) is 5.10 Å². The number of rotatable bonds is 2. The summed E-state index contributed by atoms with van der Waals surface area (Å²) in [6.07, 6.45) is -2.17. The number of aromatic amines is 1. The highest BCUT2D eigenvalue weighted by Crippen LogP contribution is 2.47. The van der Waals surface area contributed by atoms with Crippen LogP contribution in [0.3, 0.4) is 0 Å². The smallest absolute Gasteiger partial charge is 0.295 e. The fourth-order valence-corrected chi connectivity index (χ4v) is 2.53. The average Bonchev–Trinajstić information content (AvgIpc) is 2.93. The number of aromatic nitrogens is 4. The standard InChI is InChI=1S/C11H14FN5O5/c1-10(12)6(19)4(3-18)22-11(10,21)5-2-14-7-8(20)15-9(13)16-17(5)7/h2,4,6,18-19,21H,3H2,1H3,(H3,13,15,16,20)/t4-,6-,10-,11?/m1/s1. The fraction of sp³-hybridized carbons (Fsp3) is 0.545. The van der Waals surface area contributed by atoms with Crippen LogP contribution in [0.2, 0.25) is 0 Å². The van der Waals surface area contributed by atoms with Crippen molar-refractivity contribution in [2.24, 2.45) is 0 Å². The third kappa shape index (κ3) is 1.70. The lowest BCUT2D eigenvalue weighted by atomic mass is 9.90. The van der Waals surface area contributed by atoms with Crippen molar-refractivity contribution in [1.82, 2.24) is 19.6 Å². The Bertz CT molecular complexity index is 789. The molecule has 0 bridgehead atoms. The topological polar surface area (TPSA) is 159 Å². The number of fused-ring (bicyclic) bond motifs is 1. The molecule has 1 unspecified atom stereocenters. The second kappa shape index (κ2) is 4.46. The Labute approximate surface area is 122 Å². The van der Waals surface area contributed by atoms with Crippen molar-refractivity contribution in [1.29, 1.82) is 0 Å². The Morgan fingerprint density at radius 2 is 2.32 bits per heavy atom. The van der Waals surface area contributed by atoms with E-state index in [2.05, 4.69) is 15.1 Å². The van der Waals surface area contributed by atoms with Gasteiger partial charge in [0.2, 0.25) is 17.4 Å². The number of H-pyrrole nitrogens is 1. The minimum atomic E-state index is -2.69. The van der Waals surface area contributed by atoms with Crippen LogP contribution < -0.4 is 11.3 Å². The number of nitrogens with two attached hydrogens (primary N) is 1. The Kier molecular flexibility index (Phi) is 3.01. The number of aliphatic hydroxyl groups is 3. The maximum Gasteiger partial charge on any atom is 0.295 e. The van der Waals surface area contributed by atoms with Gasteiger partial charge in [-0.25, -0.2) is 13.9 Å². The van der Waals surface area contributed by atoms with E-state index in [1.165, 1.54) is 0 Å². The molecular formula is C11H14FN5O5. The fourth-order valence-electron chi connectivity index (χ4n) is 2.53. The van der Waals surface area contributed by atoms with Crippen molar-refractivity contribution in [2.45, 2.75) is 30.6 Å². The average molecular weight is 315 g/mol. The molecule has 4 atom stereocenters. The highest BCUT2D eigenvalue weighted by atomic mass is 19.1. The molecule has 0 amide bonds. The predicted octanol–water partition coefficient (Wildman–Crippen LogP) is -2.37. The monoisotopic (exact) mass is 315 g/mol. The van der Waals surface area contributed by atoms with Gasteiger partial charge in [0.15, 0.2) is 5.67 Å². The van der Waals surface area contributed by atoms with E-state index >= 15 is 0 Å². The van der Waals surface area contributed by atoms with Crippen molar-refractivity contribution in [2.75, 3.05) is 12.3 Å². The van der Waals surface area contributed by atoms with Crippen LogP contribution in [0, 0.1) is 0 Å². The first-order chi connectivity index (χ1) is 10.2. The SMILES string of the molecule is C[C@@]1(F)[C@H](O)[C@@H](CO)OC1(O)c1cnc2c(=O)[nH]c(N)nn12. The van der Waals surface area contributed by atoms with E-state index in [0.29, 0.717) is 0 Å². The summed E-state index contributed by atoms with van der Waals surface area (Å²) in [6, 6.07) is 0. The highest BCUT2D eigenvalue weighted by Gasteiger charge is 2.66. The molecule has 22 heavy (non-hydrogen) atoms. The normalized spacial score (nSPS) is 35.3. The summed E-state index contributed by atoms with van der Waals surface area (Å²) in [5.41, 5.74) is 1.47. The second-order valence-electron chi connectivity index (χ2n) is 5.22. The number of alkyl halides is 1. The molecule has 3 heterocycles. The highest BCUT2D eigenvalue weighted by molar-refractivity contribution is 5.40. The van der Waals surface area contributed by atoms with Gasteiger partial charge < -0.3 is 25.8 Å². The molecule has 1 aliphatic rings. The summed E-state index contributed by atoms with van der Waals surface area (Å²) in [5, 5.41) is 33.4. The second-order valence-corrected chi connectivity index (χ2v) is 5.22. The Morgan fingerprint density at radius 1 is 1.64 bits per heavy atom. The molecule has 11 heteroatoms. The Morgan fingerprint density at radius 3 is 2.91 bits per heavy atom. The van der Waals surface area contributed by atoms with Crippen LogP contribution in [-0.4, -0.2) is 59.4 Å². The molecule has 3 rings (SSSR count). The number of anilines is 1. The van der Waals surface area contributed by atoms with E-state index in [1.807, 2.05) is 0 Å². The van der Waals surface area contributed by atoms with Crippen LogP contribution >= 0.6 is 0 Å². The first-order valence-corrected chi connectivity index (χ1v) is 6.34. The van der Waals surface area contributed by atoms with Crippen LogP contribution in [0.15, 0.2) is 11.0 Å². The maximum atomic E-state index is 14.9. The van der Waals surface area contributed by atoms with Crippen molar-refractivity contribution in [3.05, 3.63) is 22.2 Å². The van der Waals surface area contributed by atoms with Gasteiger partial charge in [0.1, 0.15) is 17.9 Å². The number of hydrogen-bond donors (Lipinski definition) is 5. The Balaban J connectivity index is 2.24. The summed E-state index contributed by atoms with van der Waals surface area (Å²) in [7, 11) is 0. The first kappa shape index (κ1) is 14.8. The number of nitrogens with zero attached hydrogens (tertiary/aromatic N) is 3. The van der Waals surface area contributed by atoms with Crippen LogP contribution in [0.25, 0.3) is 5.65 Å². The summed E-state index contributed by atoms with van der Waals surface area (Å²) in [5.74, 6) is -2.95. The minimum Gasteiger partial charge on any atom is -0.394 e. The molecule has 2 aromatic heterocycles. The van der Waals surface area contributed by atoms with Gasteiger partial charge >= 0.3 is 0 Å². The van der Waals surface area contributed by atoms with E-state index in [9.17, 15) is 19.4 Å². The van der Waals surface area contributed by atoms with Crippen LogP contribution in [0.4, 0.5) is 10.3 Å². The molecule has 0 saturated carbocycles. The van der Waals surface area contributed by atoms with E-state index in [4.69, 9.17) is 15.6 Å². The van der Waals surface area contributed by atoms with E-state index < -0.39 is 35.8 Å². The molecule has 0 spiro atoms. The third-order valence-corrected chi connectivity index (χ3v) is 3.81. The van der Waals surface area contributed by atoms with Gasteiger partial charge in [-0.05, 0) is 6.92 Å². The minimum absolute atomic E-state index is 0.237. The van der Waals surface area contributed by atoms with Gasteiger partial charge in [0.25, 0.3) is 5.56 Å². The summed E-state index contributed by atoms with van der Waals surface area (Å²) in [6.45, 7) is 0.194. The molecule has 1 saturated heterocycles. The number of ether oxygens (including phenoxy) is 1. The number of imidazole rings is 1. The van der Waals surface area contributed by atoms with E-state index in [-0.39, 0.29) is 17.3 Å². The van der Waals surface area contributed by atoms with Gasteiger partial charge in [0, 0.05) is 0 Å². The molecule has 0 aliphatic carbocycles. The molecule has 1 aliphatic heterocycles. The van der Waals surface area contributed by atoms with Crippen molar-refractivity contribution < 1.29 is 24.4 Å². The number of aliphatic hydroxyl groups excluding tert-OH is 2. The molecule has 6 N–H and O–H groups in total. The number of nitrogens with one attached hydrogen (secondary N) is 1. The van der Waals surface area contributed by atoms with Gasteiger partial charge in [-0.3, -0.25) is 9.78 Å². The lowest BCUT2D eigenvalue weighted by Crippen LogP contribution is -2.49. The zero-order valence-corrected chi connectivity index (χ0v) is 11.4. The molecule has 120 valence electrons. The molecule has 0 radical (unpaired) electrons. The van der Waals surface area contributed by atoms with E-state index in [1.54, 1.807) is 0 Å². The van der Waals surface area contributed by atoms with Crippen molar-refractivity contribution in [3.63, 3.8) is 0 Å². The van der Waals surface area contributed by atoms with Crippen molar-refractivity contribution in [3.8, 4) is 0 Å². The zero-order chi connectivity index (χ0) is 16.3. The maximum absolute atomic E-state index is 14.9. The molecule has 10 nitrogen and oxygen atoms in total. The lowest BCUT2D eigenvalue weighted by Gasteiger charge is -2.31. The largest absolute Gasteiger partial charge is 0.394 e. The van der Waals surface area contributed by atoms with Gasteiger partial charge in [0.05, 0.1) is 12.8 Å². The summed E-state index contributed by atoms with van der Waals surface area (Å²) >= 11 is 0. The van der Waals surface area contributed by atoms with E-state index in [0.717, 1.165) is 17.6 Å². The van der Waals surface area contributed by atoms with Crippen LogP contribution in [-0.2, 0) is 10.5 Å². The summed E-state index contributed by atoms with van der Waals surface area (Å²) in [4.78, 5) is 17.7. The van der Waals surface area contributed by atoms with Crippen molar-refractivity contribution >= 4 is 11.6 Å². The van der Waals surface area contributed by atoms with Crippen LogP contribution in [0.5, 0.6) is 0 Å².